The Morgan fingerprint density at radius 2 is 1.65 bits per heavy atom. The molecule has 0 radical (unpaired) electrons. The minimum atomic E-state index is -1.15. The van der Waals surface area contributed by atoms with Crippen molar-refractivity contribution in [1.29, 1.82) is 0 Å². The first-order valence-corrected chi connectivity index (χ1v) is 10.0. The van der Waals surface area contributed by atoms with Crippen molar-refractivity contribution >= 4 is 52.5 Å². The van der Waals surface area contributed by atoms with Gasteiger partial charge in [0.2, 0.25) is 5.91 Å². The van der Waals surface area contributed by atoms with Gasteiger partial charge in [-0.25, -0.2) is 4.79 Å². The SMILES string of the molecule is CC(NC(=O)C(C)(C)Cc1cc(O)ccc1NC(=O)Nc1cc(Cl)cc(Cl)c1)C(=O)O. The second kappa shape index (κ2) is 9.89. The topological polar surface area (TPSA) is 128 Å². The Kier molecular flexibility index (Phi) is 7.75. The Labute approximate surface area is 189 Å². The molecular formula is C21H23Cl2N3O5. The van der Waals surface area contributed by atoms with Gasteiger partial charge in [0, 0.05) is 26.8 Å². The number of carbonyl (C=O) groups excluding carboxylic acids is 2. The summed E-state index contributed by atoms with van der Waals surface area (Å²) in [7, 11) is 0. The molecule has 0 saturated heterocycles. The number of anilines is 2. The van der Waals surface area contributed by atoms with Crippen LogP contribution in [0.2, 0.25) is 10.0 Å². The lowest BCUT2D eigenvalue weighted by Gasteiger charge is -2.26. The number of rotatable bonds is 7. The lowest BCUT2D eigenvalue weighted by molar-refractivity contribution is -0.142. The number of phenolic OH excluding ortho intramolecular Hbond substituents is 1. The molecule has 10 heteroatoms. The maximum Gasteiger partial charge on any atom is 0.325 e. The number of phenols is 1. The van der Waals surface area contributed by atoms with Gasteiger partial charge in [0.1, 0.15) is 11.8 Å². The molecule has 8 nitrogen and oxygen atoms in total. The average molecular weight is 468 g/mol. The van der Waals surface area contributed by atoms with Gasteiger partial charge in [-0.15, -0.1) is 0 Å². The van der Waals surface area contributed by atoms with Crippen molar-refractivity contribution in [3.05, 3.63) is 52.0 Å². The number of hydrogen-bond donors (Lipinski definition) is 5. The van der Waals surface area contributed by atoms with Gasteiger partial charge < -0.3 is 26.2 Å². The molecule has 0 spiro atoms. The van der Waals surface area contributed by atoms with Crippen LogP contribution in [0.4, 0.5) is 16.2 Å². The standard InChI is InChI=1S/C21H23Cl2N3O5/c1-11(18(28)29)24-19(30)21(2,3)10-12-6-16(27)4-5-17(12)26-20(31)25-15-8-13(22)7-14(23)9-15/h4-9,11,27H,10H2,1-3H3,(H,24,30)(H,28,29)(H2,25,26,31). The summed E-state index contributed by atoms with van der Waals surface area (Å²) in [6.45, 7) is 4.64. The lowest BCUT2D eigenvalue weighted by Crippen LogP contribution is -2.45. The molecule has 1 unspecified atom stereocenters. The number of halogens is 2. The van der Waals surface area contributed by atoms with Crippen LogP contribution >= 0.6 is 23.2 Å². The van der Waals surface area contributed by atoms with Crippen molar-refractivity contribution in [2.24, 2.45) is 5.41 Å². The molecule has 3 amide bonds. The van der Waals surface area contributed by atoms with Crippen LogP contribution in [0.3, 0.4) is 0 Å². The first-order chi connectivity index (χ1) is 14.4. The zero-order valence-electron chi connectivity index (χ0n) is 17.1. The van der Waals surface area contributed by atoms with E-state index >= 15 is 0 Å². The Morgan fingerprint density at radius 1 is 1.03 bits per heavy atom. The number of hydrogen-bond acceptors (Lipinski definition) is 4. The summed E-state index contributed by atoms with van der Waals surface area (Å²) >= 11 is 11.9. The highest BCUT2D eigenvalue weighted by atomic mass is 35.5. The van der Waals surface area contributed by atoms with Crippen LogP contribution in [0.5, 0.6) is 5.75 Å². The van der Waals surface area contributed by atoms with E-state index in [1.54, 1.807) is 13.8 Å². The van der Waals surface area contributed by atoms with Crippen molar-refractivity contribution in [3.63, 3.8) is 0 Å². The lowest BCUT2D eigenvalue weighted by atomic mass is 9.84. The largest absolute Gasteiger partial charge is 0.508 e. The maximum atomic E-state index is 12.5. The van der Waals surface area contributed by atoms with Crippen LogP contribution in [0.15, 0.2) is 36.4 Å². The van der Waals surface area contributed by atoms with E-state index in [9.17, 15) is 19.5 Å². The molecule has 0 aliphatic rings. The number of carboxylic acid groups (broad SMARTS) is 1. The summed E-state index contributed by atoms with van der Waals surface area (Å²) in [5.74, 6) is -1.67. The first kappa shape index (κ1) is 24.3. The Bertz CT molecular complexity index is 990. The zero-order chi connectivity index (χ0) is 23.3. The summed E-state index contributed by atoms with van der Waals surface area (Å²) in [6.07, 6.45) is 0.123. The minimum Gasteiger partial charge on any atom is -0.508 e. The van der Waals surface area contributed by atoms with Crippen LogP contribution < -0.4 is 16.0 Å². The van der Waals surface area contributed by atoms with Gasteiger partial charge in [0.15, 0.2) is 0 Å². The van der Waals surface area contributed by atoms with E-state index in [4.69, 9.17) is 28.3 Å². The molecule has 31 heavy (non-hydrogen) atoms. The van der Waals surface area contributed by atoms with E-state index in [1.165, 1.54) is 43.3 Å². The van der Waals surface area contributed by atoms with Gasteiger partial charge in [-0.2, -0.15) is 0 Å². The van der Waals surface area contributed by atoms with E-state index in [2.05, 4.69) is 16.0 Å². The zero-order valence-corrected chi connectivity index (χ0v) is 18.6. The van der Waals surface area contributed by atoms with E-state index in [0.717, 1.165) is 0 Å². The molecule has 1 atom stereocenters. The number of carbonyl (C=O) groups is 3. The number of carboxylic acids is 1. The van der Waals surface area contributed by atoms with Gasteiger partial charge in [-0.05, 0) is 55.3 Å². The fourth-order valence-electron chi connectivity index (χ4n) is 2.77. The highest BCUT2D eigenvalue weighted by Gasteiger charge is 2.31. The third kappa shape index (κ3) is 7.04. The predicted octanol–water partition coefficient (Wildman–Crippen LogP) is 4.50. The van der Waals surface area contributed by atoms with E-state index in [0.29, 0.717) is 27.0 Å². The van der Waals surface area contributed by atoms with Gasteiger partial charge in [0.25, 0.3) is 0 Å². The second-order valence-corrected chi connectivity index (χ2v) is 8.55. The number of urea groups is 1. The van der Waals surface area contributed by atoms with Crippen molar-refractivity contribution in [2.45, 2.75) is 33.2 Å². The number of amides is 3. The van der Waals surface area contributed by atoms with Gasteiger partial charge >= 0.3 is 12.0 Å². The summed E-state index contributed by atoms with van der Waals surface area (Å²) in [5, 5.41) is 27.3. The van der Waals surface area contributed by atoms with Crippen molar-refractivity contribution in [1.82, 2.24) is 5.32 Å². The molecule has 0 heterocycles. The average Bonchev–Trinajstić information content (AvgIpc) is 2.62. The normalized spacial score (nSPS) is 12.0. The molecule has 0 bridgehead atoms. The third-order valence-electron chi connectivity index (χ3n) is 4.42. The number of nitrogens with one attached hydrogen (secondary N) is 3. The summed E-state index contributed by atoms with van der Waals surface area (Å²) in [6, 6.07) is 7.29. The van der Waals surface area contributed by atoms with Crippen LogP contribution in [0.1, 0.15) is 26.3 Å². The summed E-state index contributed by atoms with van der Waals surface area (Å²) in [5.41, 5.74) is 0.223. The molecule has 0 saturated carbocycles. The van der Waals surface area contributed by atoms with Crippen molar-refractivity contribution < 1.29 is 24.6 Å². The van der Waals surface area contributed by atoms with Crippen molar-refractivity contribution in [2.75, 3.05) is 10.6 Å². The Morgan fingerprint density at radius 3 is 2.23 bits per heavy atom. The molecule has 166 valence electrons. The Balaban J connectivity index is 2.18. The smallest absolute Gasteiger partial charge is 0.325 e. The Hall–Kier alpha value is -2.97. The number of aliphatic carboxylic acids is 1. The maximum absolute atomic E-state index is 12.5. The third-order valence-corrected chi connectivity index (χ3v) is 4.86. The van der Waals surface area contributed by atoms with Crippen LogP contribution in [-0.2, 0) is 16.0 Å². The summed E-state index contributed by atoms with van der Waals surface area (Å²) < 4.78 is 0. The molecule has 2 rings (SSSR count). The highest BCUT2D eigenvalue weighted by Crippen LogP contribution is 2.30. The molecule has 5 N–H and O–H groups in total. The molecule has 2 aromatic rings. The van der Waals surface area contributed by atoms with Gasteiger partial charge in [0.05, 0.1) is 0 Å². The minimum absolute atomic E-state index is 0.0438. The number of benzene rings is 2. The molecule has 0 aliphatic carbocycles. The fraction of sp³-hybridized carbons (Fsp3) is 0.286. The predicted molar refractivity (Wildman–Crippen MR) is 120 cm³/mol. The quantitative estimate of drug-likeness (QED) is 0.383. The molecule has 0 fully saturated rings. The second-order valence-electron chi connectivity index (χ2n) is 7.67. The molecule has 0 aliphatic heterocycles. The van der Waals surface area contributed by atoms with E-state index in [1.807, 2.05) is 0 Å². The number of aromatic hydroxyl groups is 1. The van der Waals surface area contributed by atoms with Crippen LogP contribution in [0, 0.1) is 5.41 Å². The fourth-order valence-corrected chi connectivity index (χ4v) is 3.30. The van der Waals surface area contributed by atoms with Crippen LogP contribution in [-0.4, -0.2) is 34.2 Å². The van der Waals surface area contributed by atoms with Crippen LogP contribution in [0.25, 0.3) is 0 Å². The monoisotopic (exact) mass is 467 g/mol. The van der Waals surface area contributed by atoms with E-state index < -0.39 is 29.4 Å². The molecule has 0 aromatic heterocycles. The van der Waals surface area contributed by atoms with Crippen molar-refractivity contribution in [3.8, 4) is 5.75 Å². The molecule has 2 aromatic carbocycles. The van der Waals surface area contributed by atoms with Gasteiger partial charge in [-0.3, -0.25) is 9.59 Å². The van der Waals surface area contributed by atoms with E-state index in [-0.39, 0.29) is 12.2 Å². The summed E-state index contributed by atoms with van der Waals surface area (Å²) in [4.78, 5) is 36.0. The highest BCUT2D eigenvalue weighted by molar-refractivity contribution is 6.35. The molecular weight excluding hydrogens is 445 g/mol. The first-order valence-electron chi connectivity index (χ1n) is 9.27. The van der Waals surface area contributed by atoms with Gasteiger partial charge in [-0.1, -0.05) is 37.0 Å².